The van der Waals surface area contributed by atoms with Gasteiger partial charge in [0.05, 0.1) is 5.75 Å². The van der Waals surface area contributed by atoms with E-state index < -0.39 is 9.84 Å². The van der Waals surface area contributed by atoms with Gasteiger partial charge in [0, 0.05) is 6.26 Å². The monoisotopic (exact) mass is 205 g/mol. The van der Waals surface area contributed by atoms with Crippen molar-refractivity contribution in [3.05, 3.63) is 0 Å². The molecule has 1 aliphatic rings. The summed E-state index contributed by atoms with van der Waals surface area (Å²) in [7, 11) is -2.79. The summed E-state index contributed by atoms with van der Waals surface area (Å²) in [5, 5.41) is 3.28. The van der Waals surface area contributed by atoms with Crippen LogP contribution in [0.4, 0.5) is 0 Å². The Bertz CT molecular complexity index is 242. The van der Waals surface area contributed by atoms with Crippen LogP contribution in [0.1, 0.15) is 19.8 Å². The molecule has 4 heteroatoms. The molecule has 0 aromatic carbocycles. The summed E-state index contributed by atoms with van der Waals surface area (Å²) in [6, 6.07) is 0. The minimum atomic E-state index is -2.79. The minimum Gasteiger partial charge on any atom is -0.317 e. The van der Waals surface area contributed by atoms with Crippen LogP contribution in [-0.4, -0.2) is 33.5 Å². The van der Waals surface area contributed by atoms with E-state index in [0.29, 0.717) is 17.6 Å². The highest BCUT2D eigenvalue weighted by Crippen LogP contribution is 2.22. The van der Waals surface area contributed by atoms with Crippen molar-refractivity contribution < 1.29 is 8.42 Å². The van der Waals surface area contributed by atoms with Gasteiger partial charge in [-0.15, -0.1) is 0 Å². The van der Waals surface area contributed by atoms with Crippen molar-refractivity contribution >= 4 is 9.84 Å². The number of rotatable bonds is 3. The second-order valence-corrected chi connectivity index (χ2v) is 6.34. The van der Waals surface area contributed by atoms with E-state index >= 15 is 0 Å². The van der Waals surface area contributed by atoms with Gasteiger partial charge in [0.15, 0.2) is 0 Å². The van der Waals surface area contributed by atoms with Crippen LogP contribution in [0, 0.1) is 11.8 Å². The van der Waals surface area contributed by atoms with E-state index in [-0.39, 0.29) is 0 Å². The molecule has 3 nitrogen and oxygen atoms in total. The lowest BCUT2D eigenvalue weighted by atomic mass is 9.87. The van der Waals surface area contributed by atoms with Gasteiger partial charge in [-0.1, -0.05) is 6.92 Å². The summed E-state index contributed by atoms with van der Waals surface area (Å²) in [5.74, 6) is 1.26. The predicted octanol–water partition coefficient (Wildman–Crippen LogP) is 0.667. The Morgan fingerprint density at radius 3 is 2.38 bits per heavy atom. The maximum absolute atomic E-state index is 11.1. The van der Waals surface area contributed by atoms with Crippen molar-refractivity contribution in [3.8, 4) is 0 Å². The maximum Gasteiger partial charge on any atom is 0.147 e. The summed E-state index contributed by atoms with van der Waals surface area (Å²) in [4.78, 5) is 0. The van der Waals surface area contributed by atoms with Crippen LogP contribution in [0.5, 0.6) is 0 Å². The summed E-state index contributed by atoms with van der Waals surface area (Å²) >= 11 is 0. The van der Waals surface area contributed by atoms with Crippen molar-refractivity contribution in [2.45, 2.75) is 19.8 Å². The lowest BCUT2D eigenvalue weighted by molar-refractivity contribution is 0.293. The third-order valence-electron chi connectivity index (χ3n) is 2.75. The molecule has 78 valence electrons. The molecule has 1 N–H and O–H groups in total. The Kier molecular flexibility index (Phi) is 3.74. The van der Waals surface area contributed by atoms with Crippen molar-refractivity contribution in [1.29, 1.82) is 0 Å². The van der Waals surface area contributed by atoms with Crippen LogP contribution in [0.15, 0.2) is 0 Å². The summed E-state index contributed by atoms with van der Waals surface area (Å²) < 4.78 is 22.1. The smallest absolute Gasteiger partial charge is 0.147 e. The fraction of sp³-hybridized carbons (Fsp3) is 1.00. The number of hydrogen-bond acceptors (Lipinski definition) is 3. The van der Waals surface area contributed by atoms with Gasteiger partial charge < -0.3 is 5.32 Å². The third kappa shape index (κ3) is 4.09. The van der Waals surface area contributed by atoms with E-state index in [1.807, 2.05) is 0 Å². The van der Waals surface area contributed by atoms with Gasteiger partial charge in [-0.05, 0) is 37.8 Å². The Morgan fingerprint density at radius 2 is 1.92 bits per heavy atom. The van der Waals surface area contributed by atoms with Crippen LogP contribution in [0.2, 0.25) is 0 Å². The lowest BCUT2D eigenvalue weighted by Crippen LogP contribution is -2.32. The highest BCUT2D eigenvalue weighted by atomic mass is 32.2. The van der Waals surface area contributed by atoms with Gasteiger partial charge in [0.2, 0.25) is 0 Å². The van der Waals surface area contributed by atoms with Crippen molar-refractivity contribution in [2.24, 2.45) is 11.8 Å². The van der Waals surface area contributed by atoms with E-state index in [2.05, 4.69) is 12.2 Å². The molecular weight excluding hydrogens is 186 g/mol. The van der Waals surface area contributed by atoms with Gasteiger partial charge >= 0.3 is 0 Å². The fourth-order valence-electron chi connectivity index (χ4n) is 2.03. The van der Waals surface area contributed by atoms with Crippen LogP contribution < -0.4 is 5.32 Å². The molecule has 1 aliphatic heterocycles. The Labute approximate surface area is 80.8 Å². The zero-order chi connectivity index (χ0) is 9.90. The van der Waals surface area contributed by atoms with Crippen molar-refractivity contribution in [3.63, 3.8) is 0 Å². The topological polar surface area (TPSA) is 46.2 Å². The third-order valence-corrected chi connectivity index (χ3v) is 3.89. The average Bonchev–Trinajstić information content (AvgIpc) is 2.03. The molecule has 0 aromatic rings. The van der Waals surface area contributed by atoms with Crippen molar-refractivity contribution in [1.82, 2.24) is 5.32 Å². The number of nitrogens with one attached hydrogen (secondary N) is 1. The first-order valence-corrected chi connectivity index (χ1v) is 6.93. The molecule has 1 heterocycles. The first-order chi connectivity index (χ1) is 5.99. The van der Waals surface area contributed by atoms with Gasteiger partial charge in [0.1, 0.15) is 9.84 Å². The predicted molar refractivity (Wildman–Crippen MR) is 54.5 cm³/mol. The second-order valence-electron chi connectivity index (χ2n) is 4.16. The Balaban J connectivity index is 2.42. The molecule has 0 amide bonds. The average molecular weight is 205 g/mol. The summed E-state index contributed by atoms with van der Waals surface area (Å²) in [6.07, 6.45) is 3.57. The maximum atomic E-state index is 11.1. The SMILES string of the molecule is CC(CS(C)(=O)=O)C1CCNCC1. The molecule has 0 bridgehead atoms. The van der Waals surface area contributed by atoms with E-state index in [0.717, 1.165) is 25.9 Å². The quantitative estimate of drug-likeness (QED) is 0.736. The van der Waals surface area contributed by atoms with Gasteiger partial charge in [0.25, 0.3) is 0 Å². The van der Waals surface area contributed by atoms with Gasteiger partial charge in [-0.25, -0.2) is 8.42 Å². The molecule has 1 fully saturated rings. The zero-order valence-corrected chi connectivity index (χ0v) is 9.23. The zero-order valence-electron chi connectivity index (χ0n) is 8.41. The minimum absolute atomic E-state index is 0.317. The van der Waals surface area contributed by atoms with Crippen molar-refractivity contribution in [2.75, 3.05) is 25.1 Å². The van der Waals surface area contributed by atoms with Crippen LogP contribution in [-0.2, 0) is 9.84 Å². The molecule has 0 spiro atoms. The second kappa shape index (κ2) is 4.42. The standard InChI is InChI=1S/C9H19NO2S/c1-8(7-13(2,11)12)9-3-5-10-6-4-9/h8-10H,3-7H2,1-2H3. The molecule has 0 radical (unpaired) electrons. The number of hydrogen-bond donors (Lipinski definition) is 1. The highest BCUT2D eigenvalue weighted by Gasteiger charge is 2.22. The van der Waals surface area contributed by atoms with E-state index in [1.54, 1.807) is 0 Å². The van der Waals surface area contributed by atoms with Crippen LogP contribution in [0.25, 0.3) is 0 Å². The molecule has 1 unspecified atom stereocenters. The molecule has 1 atom stereocenters. The fourth-order valence-corrected chi connectivity index (χ4v) is 3.25. The molecule has 0 aromatic heterocycles. The molecule has 1 rings (SSSR count). The van der Waals surface area contributed by atoms with Crippen LogP contribution in [0.3, 0.4) is 0 Å². The molecule has 1 saturated heterocycles. The van der Waals surface area contributed by atoms with Gasteiger partial charge in [-0.2, -0.15) is 0 Å². The Morgan fingerprint density at radius 1 is 1.38 bits per heavy atom. The van der Waals surface area contributed by atoms with Crippen LogP contribution >= 0.6 is 0 Å². The summed E-state index contributed by atoms with van der Waals surface area (Å²) in [6.45, 7) is 4.13. The molecule has 0 saturated carbocycles. The van der Waals surface area contributed by atoms with E-state index in [4.69, 9.17) is 0 Å². The largest absolute Gasteiger partial charge is 0.317 e. The highest BCUT2D eigenvalue weighted by molar-refractivity contribution is 7.90. The lowest BCUT2D eigenvalue weighted by Gasteiger charge is -2.27. The first kappa shape index (κ1) is 11.0. The van der Waals surface area contributed by atoms with Gasteiger partial charge in [-0.3, -0.25) is 0 Å². The normalized spacial score (nSPS) is 22.9. The van der Waals surface area contributed by atoms with E-state index in [1.165, 1.54) is 6.26 Å². The first-order valence-electron chi connectivity index (χ1n) is 4.87. The number of piperidine rings is 1. The number of sulfone groups is 1. The van der Waals surface area contributed by atoms with E-state index in [9.17, 15) is 8.42 Å². The molecule has 0 aliphatic carbocycles. The summed E-state index contributed by atoms with van der Waals surface area (Å²) in [5.41, 5.74) is 0. The molecule has 13 heavy (non-hydrogen) atoms. The molecular formula is C9H19NO2S. The Hall–Kier alpha value is -0.0900.